The minimum absolute atomic E-state index is 0.127. The predicted molar refractivity (Wildman–Crippen MR) is 108 cm³/mol. The fourth-order valence-corrected chi connectivity index (χ4v) is 3.22. The summed E-state index contributed by atoms with van der Waals surface area (Å²) in [5, 5.41) is 21.1. The number of nitrogens with zero attached hydrogens (tertiary/aromatic N) is 3. The Hall–Kier alpha value is -3.89. The minimum atomic E-state index is -0.293. The van der Waals surface area contributed by atoms with E-state index in [9.17, 15) is 10.1 Å². The van der Waals surface area contributed by atoms with E-state index in [0.717, 1.165) is 16.6 Å². The number of nitrogens with one attached hydrogen (secondary N) is 1. The zero-order chi connectivity index (χ0) is 20.4. The van der Waals surface area contributed by atoms with Gasteiger partial charge in [-0.25, -0.2) is 4.98 Å². The van der Waals surface area contributed by atoms with E-state index in [1.165, 1.54) is 0 Å². The molecule has 0 unspecified atom stereocenters. The van der Waals surface area contributed by atoms with E-state index in [1.807, 2.05) is 31.2 Å². The number of para-hydroxylation sites is 2. The summed E-state index contributed by atoms with van der Waals surface area (Å²) in [5.41, 5.74) is 3.78. The summed E-state index contributed by atoms with van der Waals surface area (Å²) in [6, 6.07) is 18.4. The highest BCUT2D eigenvalue weighted by molar-refractivity contribution is 5.94. The third-order valence-electron chi connectivity index (χ3n) is 4.57. The van der Waals surface area contributed by atoms with Crippen molar-refractivity contribution in [1.29, 1.82) is 5.26 Å². The number of aliphatic hydroxyl groups is 1. The molecule has 0 saturated heterocycles. The van der Waals surface area contributed by atoms with Gasteiger partial charge in [-0.1, -0.05) is 18.2 Å². The molecule has 2 heterocycles. The second kappa shape index (κ2) is 7.62. The minimum Gasteiger partial charge on any atom is -0.440 e. The normalized spacial score (nSPS) is 10.8. The van der Waals surface area contributed by atoms with Crippen molar-refractivity contribution in [1.82, 2.24) is 14.7 Å². The largest absolute Gasteiger partial charge is 0.440 e. The number of carbonyl (C=O) groups excluding carboxylic acids is 1. The first kappa shape index (κ1) is 18.5. The van der Waals surface area contributed by atoms with Gasteiger partial charge in [0, 0.05) is 18.2 Å². The number of carbonyl (C=O) groups is 1. The zero-order valence-corrected chi connectivity index (χ0v) is 15.7. The third kappa shape index (κ3) is 3.37. The van der Waals surface area contributed by atoms with Gasteiger partial charge in [-0.3, -0.25) is 9.20 Å². The lowest BCUT2D eigenvalue weighted by molar-refractivity contribution is 0.0944. The maximum absolute atomic E-state index is 12.2. The highest BCUT2D eigenvalue weighted by Crippen LogP contribution is 2.31. The van der Waals surface area contributed by atoms with Crippen LogP contribution in [0.15, 0.2) is 54.6 Å². The van der Waals surface area contributed by atoms with Crippen LogP contribution in [-0.2, 0) is 0 Å². The van der Waals surface area contributed by atoms with Gasteiger partial charge in [-0.15, -0.1) is 0 Å². The lowest BCUT2D eigenvalue weighted by atomic mass is 10.1. The first-order valence-electron chi connectivity index (χ1n) is 9.10. The topological polar surface area (TPSA) is 99.7 Å². The number of hydrogen-bond acceptors (Lipinski definition) is 5. The van der Waals surface area contributed by atoms with Gasteiger partial charge < -0.3 is 15.2 Å². The molecule has 0 saturated carbocycles. The summed E-state index contributed by atoms with van der Waals surface area (Å²) in [4.78, 5) is 16.8. The second-order valence-corrected chi connectivity index (χ2v) is 6.52. The lowest BCUT2D eigenvalue weighted by Crippen LogP contribution is -2.26. The van der Waals surface area contributed by atoms with Crippen LogP contribution in [0, 0.1) is 18.3 Å². The summed E-state index contributed by atoms with van der Waals surface area (Å²) < 4.78 is 7.92. The molecule has 144 valence electrons. The number of aliphatic hydroxyl groups excluding tert-OH is 1. The van der Waals surface area contributed by atoms with Crippen molar-refractivity contribution in [2.24, 2.45) is 0 Å². The number of aromatic nitrogens is 2. The molecule has 0 radical (unpaired) electrons. The molecule has 0 fully saturated rings. The first-order chi connectivity index (χ1) is 14.1. The number of hydrogen-bond donors (Lipinski definition) is 2. The van der Waals surface area contributed by atoms with Crippen LogP contribution in [-0.4, -0.2) is 33.6 Å². The van der Waals surface area contributed by atoms with Gasteiger partial charge in [0.2, 0.25) is 5.88 Å². The Labute approximate surface area is 166 Å². The van der Waals surface area contributed by atoms with E-state index in [2.05, 4.69) is 16.4 Å². The first-order valence-corrected chi connectivity index (χ1v) is 9.10. The average Bonchev–Trinajstić information content (AvgIpc) is 3.12. The molecule has 2 aromatic carbocycles. The number of amides is 1. The van der Waals surface area contributed by atoms with Crippen LogP contribution in [0.25, 0.3) is 16.7 Å². The Kier molecular flexibility index (Phi) is 4.85. The fourth-order valence-electron chi connectivity index (χ4n) is 3.22. The molecule has 0 aliphatic carbocycles. The molecule has 7 nitrogen and oxygen atoms in total. The molecule has 0 spiro atoms. The fraction of sp³-hybridized carbons (Fsp3) is 0.136. The SMILES string of the molecule is Cc1cc(Oc2cccc(C(=O)NCCO)c2)n2c(nc3ccccc32)c1C#N. The molecule has 29 heavy (non-hydrogen) atoms. The summed E-state index contributed by atoms with van der Waals surface area (Å²) in [7, 11) is 0. The van der Waals surface area contributed by atoms with Gasteiger partial charge >= 0.3 is 0 Å². The summed E-state index contributed by atoms with van der Waals surface area (Å²) in [6.45, 7) is 1.89. The Morgan fingerprint density at radius 2 is 2.07 bits per heavy atom. The molecule has 0 aliphatic rings. The number of ether oxygens (including phenoxy) is 1. The number of pyridine rings is 1. The number of rotatable bonds is 5. The molecule has 4 rings (SSSR count). The van der Waals surface area contributed by atoms with Crippen LogP contribution in [0.2, 0.25) is 0 Å². The van der Waals surface area contributed by atoms with Gasteiger partial charge in [0.15, 0.2) is 5.65 Å². The summed E-state index contributed by atoms with van der Waals surface area (Å²) >= 11 is 0. The van der Waals surface area contributed by atoms with E-state index < -0.39 is 0 Å². The Bertz CT molecular complexity index is 1270. The van der Waals surface area contributed by atoms with Gasteiger partial charge in [-0.2, -0.15) is 5.26 Å². The van der Waals surface area contributed by atoms with Crippen molar-refractivity contribution in [3.05, 3.63) is 71.3 Å². The summed E-state index contributed by atoms with van der Waals surface area (Å²) in [5.74, 6) is 0.682. The Balaban J connectivity index is 1.81. The molecule has 0 aliphatic heterocycles. The van der Waals surface area contributed by atoms with E-state index in [1.54, 1.807) is 34.7 Å². The lowest BCUT2D eigenvalue weighted by Gasteiger charge is -2.12. The van der Waals surface area contributed by atoms with Gasteiger partial charge in [0.05, 0.1) is 23.2 Å². The van der Waals surface area contributed by atoms with Gasteiger partial charge in [0.1, 0.15) is 11.8 Å². The number of nitriles is 1. The number of imidazole rings is 1. The predicted octanol–water partition coefficient (Wildman–Crippen LogP) is 3.18. The maximum Gasteiger partial charge on any atom is 0.251 e. The van der Waals surface area contributed by atoms with Crippen molar-refractivity contribution in [3.8, 4) is 17.7 Å². The van der Waals surface area contributed by atoms with Crippen LogP contribution in [0.5, 0.6) is 11.6 Å². The van der Waals surface area contributed by atoms with Crippen LogP contribution in [0.1, 0.15) is 21.5 Å². The molecule has 0 bridgehead atoms. The van der Waals surface area contributed by atoms with Crippen LogP contribution < -0.4 is 10.1 Å². The molecule has 4 aromatic rings. The van der Waals surface area contributed by atoms with Crippen LogP contribution in [0.3, 0.4) is 0 Å². The number of aryl methyl sites for hydroxylation is 1. The van der Waals surface area contributed by atoms with E-state index in [0.29, 0.717) is 28.4 Å². The molecule has 7 heteroatoms. The van der Waals surface area contributed by atoms with Gasteiger partial charge in [-0.05, 0) is 42.8 Å². The van der Waals surface area contributed by atoms with Crippen LogP contribution >= 0.6 is 0 Å². The number of fused-ring (bicyclic) bond motifs is 3. The average molecular weight is 386 g/mol. The molecule has 1 amide bonds. The maximum atomic E-state index is 12.2. The highest BCUT2D eigenvalue weighted by Gasteiger charge is 2.16. The highest BCUT2D eigenvalue weighted by atomic mass is 16.5. The molecule has 2 N–H and O–H groups in total. The zero-order valence-electron chi connectivity index (χ0n) is 15.7. The third-order valence-corrected chi connectivity index (χ3v) is 4.57. The van der Waals surface area contributed by atoms with Crippen molar-refractivity contribution >= 4 is 22.6 Å². The standard InChI is InChI=1S/C22H18N4O3/c1-14-11-20(29-16-6-4-5-15(12-16)22(28)24-9-10-27)26-19-8-3-2-7-18(19)25-21(26)17(14)13-23/h2-8,11-12,27H,9-10H2,1H3,(H,24,28). The number of benzene rings is 2. The molecular weight excluding hydrogens is 368 g/mol. The van der Waals surface area contributed by atoms with E-state index in [-0.39, 0.29) is 19.1 Å². The Morgan fingerprint density at radius 3 is 2.86 bits per heavy atom. The van der Waals surface area contributed by atoms with E-state index >= 15 is 0 Å². The van der Waals surface area contributed by atoms with Crippen molar-refractivity contribution in [3.63, 3.8) is 0 Å². The second-order valence-electron chi connectivity index (χ2n) is 6.52. The molecule has 2 aromatic heterocycles. The monoisotopic (exact) mass is 386 g/mol. The summed E-state index contributed by atoms with van der Waals surface area (Å²) in [6.07, 6.45) is 0. The molecule has 0 atom stereocenters. The van der Waals surface area contributed by atoms with Crippen LogP contribution in [0.4, 0.5) is 0 Å². The molecular formula is C22H18N4O3. The van der Waals surface area contributed by atoms with Crippen molar-refractivity contribution < 1.29 is 14.6 Å². The van der Waals surface area contributed by atoms with Crippen molar-refractivity contribution in [2.75, 3.05) is 13.2 Å². The van der Waals surface area contributed by atoms with Gasteiger partial charge in [0.25, 0.3) is 5.91 Å². The smallest absolute Gasteiger partial charge is 0.251 e. The quantitative estimate of drug-likeness (QED) is 0.549. The van der Waals surface area contributed by atoms with Crippen molar-refractivity contribution in [2.45, 2.75) is 6.92 Å². The van der Waals surface area contributed by atoms with E-state index in [4.69, 9.17) is 9.84 Å². The Morgan fingerprint density at radius 1 is 1.24 bits per heavy atom.